The Morgan fingerprint density at radius 2 is 0.612 bits per heavy atom. The van der Waals surface area contributed by atoms with E-state index in [9.17, 15) is 0 Å². The molecule has 0 radical (unpaired) electrons. The zero-order valence-electron chi connectivity index (χ0n) is 55.3. The van der Waals surface area contributed by atoms with E-state index in [1.165, 1.54) is 76.9 Å². The molecule has 4 heterocycles. The number of fused-ring (bicyclic) bond motifs is 12. The van der Waals surface area contributed by atoms with Gasteiger partial charge < -0.3 is 37.5 Å². The first-order valence-corrected chi connectivity index (χ1v) is 33.5. The van der Waals surface area contributed by atoms with Crippen LogP contribution in [-0.4, -0.2) is 48.2 Å². The van der Waals surface area contributed by atoms with Crippen molar-refractivity contribution in [2.24, 2.45) is 0 Å². The molecular weight excluding hydrogens is 1200 g/mol. The van der Waals surface area contributed by atoms with Gasteiger partial charge in [0, 0.05) is 66.7 Å². The van der Waals surface area contributed by atoms with Crippen LogP contribution >= 0.6 is 0 Å². The van der Waals surface area contributed by atoms with Gasteiger partial charge in [-0.2, -0.15) is 0 Å². The fraction of sp³-hybridized carbons (Fsp3) is 0.0889. The lowest BCUT2D eigenvalue weighted by Gasteiger charge is -2.28. The molecule has 0 saturated heterocycles. The predicted molar refractivity (Wildman–Crippen MR) is 406 cm³/mol. The maximum Gasteiger partial charge on any atom is 0.119 e. The number of rotatable bonds is 13. The van der Waals surface area contributed by atoms with Crippen LogP contribution in [0.5, 0.6) is 23.0 Å². The number of hydrogen-bond acceptors (Lipinski definition) is 5. The molecule has 1 aliphatic carbocycles. The molecule has 0 saturated carbocycles. The van der Waals surface area contributed by atoms with Crippen molar-refractivity contribution < 1.29 is 18.9 Å². The number of para-hydroxylation sites is 3. The topological polar surface area (TPSA) is 55.0 Å². The van der Waals surface area contributed by atoms with Gasteiger partial charge in [0.05, 0.1) is 67.6 Å². The number of hydrogen-bond donors (Lipinski definition) is 0. The molecule has 0 fully saturated rings. The van der Waals surface area contributed by atoms with Gasteiger partial charge in [0.25, 0.3) is 0 Å². The third-order valence-electron chi connectivity index (χ3n) is 20.8. The molecule has 0 spiro atoms. The van der Waals surface area contributed by atoms with Gasteiger partial charge in [0.15, 0.2) is 0 Å². The molecule has 472 valence electrons. The Morgan fingerprint density at radius 3 is 1.03 bits per heavy atom. The number of nitrogens with zero attached hydrogens (tertiary/aromatic N) is 4. The standard InChI is InChI=1S/C90H68N4O4/c1-55-75(59-25-45-89-81(49-59)73-17-9-13-21-85(73)93(89)65-31-39-69(97-5)40-32-65)51-61(57-23-43-87-79(47-57)71-15-7-11-19-83(71)91(87)63-27-35-67(95-3)36-28-63)53-77(55)78-54-62(58-24-44-88-80(48-58)72-16-8-12-20-84(72)92(88)64-29-37-68(96-4)38-30-64)52-76(56(78)2)60-26-46-90-82(50-60)74-18-10-14-22-86(74)94(90)66-33-41-70(98-6)42-34-66/h7-54,71,83H,1-6H3. The zero-order chi connectivity index (χ0) is 65.9. The van der Waals surface area contributed by atoms with Crippen LogP contribution < -0.4 is 23.8 Å². The molecule has 8 nitrogen and oxygen atoms in total. The van der Waals surface area contributed by atoms with Gasteiger partial charge >= 0.3 is 0 Å². The van der Waals surface area contributed by atoms with E-state index < -0.39 is 0 Å². The maximum absolute atomic E-state index is 5.64. The summed E-state index contributed by atoms with van der Waals surface area (Å²) in [4.78, 5) is 2.49. The molecule has 2 atom stereocenters. The summed E-state index contributed by atoms with van der Waals surface area (Å²) in [5.74, 6) is 3.46. The van der Waals surface area contributed by atoms with Crippen molar-refractivity contribution in [1.82, 2.24) is 13.7 Å². The van der Waals surface area contributed by atoms with Crippen molar-refractivity contribution in [3.8, 4) is 95.7 Å². The second-order valence-corrected chi connectivity index (χ2v) is 25.9. The van der Waals surface area contributed by atoms with Crippen LogP contribution in [0, 0.1) is 13.8 Å². The lowest BCUT2D eigenvalue weighted by molar-refractivity contribution is 0.414. The van der Waals surface area contributed by atoms with E-state index in [2.05, 4.69) is 287 Å². The van der Waals surface area contributed by atoms with Gasteiger partial charge in [-0.05, 0) is 274 Å². The van der Waals surface area contributed by atoms with Crippen LogP contribution in [0.3, 0.4) is 0 Å². The molecular formula is C90H68N4O4. The lowest BCUT2D eigenvalue weighted by Crippen LogP contribution is -2.28. The fourth-order valence-electron chi connectivity index (χ4n) is 15.9. The van der Waals surface area contributed by atoms with Crippen LogP contribution in [0.25, 0.3) is 138 Å². The molecule has 2 aliphatic rings. The Kier molecular flexibility index (Phi) is 13.9. The second-order valence-electron chi connectivity index (χ2n) is 25.9. The Hall–Kier alpha value is -12.3. The minimum Gasteiger partial charge on any atom is -0.497 e. The highest BCUT2D eigenvalue weighted by Gasteiger charge is 2.38. The van der Waals surface area contributed by atoms with Crippen molar-refractivity contribution >= 4 is 76.8 Å². The molecule has 0 amide bonds. The summed E-state index contributed by atoms with van der Waals surface area (Å²) < 4.78 is 29.7. The molecule has 18 rings (SSSR count). The van der Waals surface area contributed by atoms with Crippen LogP contribution in [0.4, 0.5) is 11.4 Å². The Morgan fingerprint density at radius 1 is 0.276 bits per heavy atom. The van der Waals surface area contributed by atoms with Gasteiger partial charge in [0.1, 0.15) is 23.0 Å². The summed E-state index contributed by atoms with van der Waals surface area (Å²) in [6.07, 6.45) is 9.12. The summed E-state index contributed by atoms with van der Waals surface area (Å²) in [5.41, 5.74) is 27.6. The van der Waals surface area contributed by atoms with Gasteiger partial charge in [-0.1, -0.05) is 103 Å². The quantitative estimate of drug-likeness (QED) is 0.115. The minimum absolute atomic E-state index is 0.120. The van der Waals surface area contributed by atoms with Crippen molar-refractivity contribution in [3.05, 3.63) is 308 Å². The third-order valence-corrected chi connectivity index (χ3v) is 20.8. The molecule has 13 aromatic carbocycles. The molecule has 2 unspecified atom stereocenters. The Balaban J connectivity index is 0.880. The highest BCUT2D eigenvalue weighted by molar-refractivity contribution is 6.13. The fourth-order valence-corrected chi connectivity index (χ4v) is 15.9. The van der Waals surface area contributed by atoms with E-state index in [4.69, 9.17) is 18.9 Å². The van der Waals surface area contributed by atoms with Gasteiger partial charge in [-0.3, -0.25) is 0 Å². The SMILES string of the molecule is COc1ccc(N2c3ccc(-c4cc(-c5ccc6c(c5)c5ccccc5n6-c5ccc(OC)cc5)c(C)c(-c5cc(-c6ccc7c(c6)c6ccccc6n7-c6ccc(OC)cc6)cc(-c6ccc7c(c6)c6ccccc6n7-c6ccc(OC)cc6)c5C)c4)cc3C3C=CC=CC32)cc1. The number of benzene rings is 13. The first-order valence-electron chi connectivity index (χ1n) is 33.5. The summed E-state index contributed by atoms with van der Waals surface area (Å²) in [6, 6.07) is 98.3. The van der Waals surface area contributed by atoms with Gasteiger partial charge in [-0.25, -0.2) is 0 Å². The van der Waals surface area contributed by atoms with Gasteiger partial charge in [-0.15, -0.1) is 0 Å². The first kappa shape index (κ1) is 58.3. The van der Waals surface area contributed by atoms with Crippen LogP contribution in [0.15, 0.2) is 291 Å². The molecule has 3 aromatic heterocycles. The number of methoxy groups -OCH3 is 4. The van der Waals surface area contributed by atoms with E-state index in [1.807, 2.05) is 36.4 Å². The third kappa shape index (κ3) is 9.34. The average Bonchev–Trinajstić information content (AvgIpc) is 1.49. The zero-order valence-corrected chi connectivity index (χ0v) is 55.3. The average molecular weight is 1270 g/mol. The lowest BCUT2D eigenvalue weighted by atomic mass is 9.83. The smallest absolute Gasteiger partial charge is 0.119 e. The summed E-state index contributed by atoms with van der Waals surface area (Å²) in [5, 5.41) is 7.13. The Labute approximate surface area is 568 Å². The van der Waals surface area contributed by atoms with E-state index in [0.717, 1.165) is 112 Å². The predicted octanol–water partition coefficient (Wildman–Crippen LogP) is 22.7. The number of aromatic nitrogens is 3. The highest BCUT2D eigenvalue weighted by Crippen LogP contribution is 2.51. The van der Waals surface area contributed by atoms with E-state index >= 15 is 0 Å². The molecule has 98 heavy (non-hydrogen) atoms. The Bertz CT molecular complexity index is 5950. The maximum atomic E-state index is 5.64. The van der Waals surface area contributed by atoms with Crippen molar-refractivity contribution in [1.29, 1.82) is 0 Å². The van der Waals surface area contributed by atoms with Crippen molar-refractivity contribution in [2.75, 3.05) is 33.3 Å². The summed E-state index contributed by atoms with van der Waals surface area (Å²) in [6.45, 7) is 4.67. The van der Waals surface area contributed by atoms with Crippen LogP contribution in [-0.2, 0) is 0 Å². The molecule has 16 aromatic rings. The molecule has 0 N–H and O–H groups in total. The summed E-state index contributed by atoms with van der Waals surface area (Å²) in [7, 11) is 6.88. The first-order chi connectivity index (χ1) is 48.2. The van der Waals surface area contributed by atoms with Crippen molar-refractivity contribution in [2.45, 2.75) is 25.8 Å². The van der Waals surface area contributed by atoms with E-state index in [-0.39, 0.29) is 12.0 Å². The van der Waals surface area contributed by atoms with Crippen LogP contribution in [0.2, 0.25) is 0 Å². The number of anilines is 2. The largest absolute Gasteiger partial charge is 0.497 e. The number of ether oxygens (including phenoxy) is 4. The van der Waals surface area contributed by atoms with Crippen LogP contribution in [0.1, 0.15) is 22.6 Å². The van der Waals surface area contributed by atoms with E-state index in [0.29, 0.717) is 0 Å². The summed E-state index contributed by atoms with van der Waals surface area (Å²) >= 11 is 0. The normalized spacial score (nSPS) is 14.1. The molecule has 0 bridgehead atoms. The minimum atomic E-state index is 0.120. The monoisotopic (exact) mass is 1270 g/mol. The van der Waals surface area contributed by atoms with Crippen molar-refractivity contribution in [3.63, 3.8) is 0 Å². The second kappa shape index (κ2) is 23.3. The molecule has 1 aliphatic heterocycles. The van der Waals surface area contributed by atoms with Gasteiger partial charge in [0.2, 0.25) is 0 Å². The molecule has 8 heteroatoms. The van der Waals surface area contributed by atoms with E-state index in [1.54, 1.807) is 28.4 Å². The highest BCUT2D eigenvalue weighted by atomic mass is 16.5. The number of allylic oxidation sites excluding steroid dienone is 2.